The van der Waals surface area contributed by atoms with Crippen LogP contribution in [0.5, 0.6) is 0 Å². The lowest BCUT2D eigenvalue weighted by molar-refractivity contribution is 0.607. The molecule has 0 saturated carbocycles. The maximum atomic E-state index is 13.5. The number of thiophene rings is 1. The van der Waals surface area contributed by atoms with Crippen molar-refractivity contribution in [1.29, 1.82) is 0 Å². The summed E-state index contributed by atoms with van der Waals surface area (Å²) < 4.78 is 14.2. The van der Waals surface area contributed by atoms with Crippen molar-refractivity contribution < 1.29 is 4.39 Å². The minimum absolute atomic E-state index is 0.162. The van der Waals surface area contributed by atoms with E-state index < -0.39 is 0 Å². The second-order valence-electron chi connectivity index (χ2n) is 4.09. The van der Waals surface area contributed by atoms with E-state index in [1.807, 2.05) is 12.1 Å². The largest absolute Gasteiger partial charge is 0.320 e. The Bertz CT molecular complexity index is 527. The van der Waals surface area contributed by atoms with Gasteiger partial charge in [-0.3, -0.25) is 0 Å². The molecule has 0 spiro atoms. The summed E-state index contributed by atoms with van der Waals surface area (Å²) in [5.74, 6) is -0.162. The van der Waals surface area contributed by atoms with Gasteiger partial charge in [0.2, 0.25) is 0 Å². The van der Waals surface area contributed by atoms with Crippen LogP contribution in [0.2, 0.25) is 4.34 Å². The maximum Gasteiger partial charge on any atom is 0.129 e. The lowest BCUT2D eigenvalue weighted by Gasteiger charge is -2.12. The average Bonchev–Trinajstić information content (AvgIpc) is 2.71. The third-order valence-electron chi connectivity index (χ3n) is 2.72. The van der Waals surface area contributed by atoms with Gasteiger partial charge in [0.1, 0.15) is 5.82 Å². The summed E-state index contributed by atoms with van der Waals surface area (Å²) in [4.78, 5) is 0.986. The molecule has 1 unspecified atom stereocenters. The molecular weight excluding hydrogens is 257 g/mol. The van der Waals surface area contributed by atoms with Crippen molar-refractivity contribution in [2.45, 2.75) is 19.9 Å². The van der Waals surface area contributed by atoms with Crippen molar-refractivity contribution in [2.24, 2.45) is 5.73 Å². The normalized spacial score (nSPS) is 12.8. The summed E-state index contributed by atoms with van der Waals surface area (Å²) in [6.45, 7) is 3.50. The maximum absolute atomic E-state index is 13.5. The van der Waals surface area contributed by atoms with Gasteiger partial charge in [-0.05, 0) is 42.7 Å². The average molecular weight is 270 g/mol. The molecule has 1 atom stereocenters. The van der Waals surface area contributed by atoms with E-state index >= 15 is 0 Å². The third kappa shape index (κ3) is 2.51. The molecule has 1 aromatic heterocycles. The van der Waals surface area contributed by atoms with Crippen molar-refractivity contribution >= 4 is 22.9 Å². The highest BCUT2D eigenvalue weighted by Crippen LogP contribution is 2.30. The number of aryl methyl sites for hydroxylation is 2. The molecule has 0 aliphatic heterocycles. The Hall–Kier alpha value is -0.900. The van der Waals surface area contributed by atoms with Crippen LogP contribution in [0.15, 0.2) is 24.3 Å². The Balaban J connectivity index is 2.41. The van der Waals surface area contributed by atoms with Crippen molar-refractivity contribution in [3.8, 4) is 0 Å². The number of hydrogen-bond donors (Lipinski definition) is 1. The van der Waals surface area contributed by atoms with E-state index in [0.717, 1.165) is 10.4 Å². The molecule has 1 heterocycles. The van der Waals surface area contributed by atoms with Crippen molar-refractivity contribution in [1.82, 2.24) is 0 Å². The predicted molar refractivity (Wildman–Crippen MR) is 71.2 cm³/mol. The molecule has 0 fully saturated rings. The van der Waals surface area contributed by atoms with E-state index in [1.54, 1.807) is 26.0 Å². The van der Waals surface area contributed by atoms with Crippen LogP contribution >= 0.6 is 22.9 Å². The van der Waals surface area contributed by atoms with Gasteiger partial charge in [-0.2, -0.15) is 0 Å². The molecule has 0 saturated heterocycles. The molecule has 0 radical (unpaired) electrons. The lowest BCUT2D eigenvalue weighted by atomic mass is 10.0. The topological polar surface area (TPSA) is 26.0 Å². The first kappa shape index (κ1) is 12.6. The van der Waals surface area contributed by atoms with Crippen molar-refractivity contribution in [3.63, 3.8) is 0 Å². The summed E-state index contributed by atoms with van der Waals surface area (Å²) in [6.07, 6.45) is 0. The van der Waals surface area contributed by atoms with Crippen LogP contribution in [0.1, 0.15) is 27.6 Å². The standard InChI is InChI=1S/C13H13ClFNS/c1-7-5-9(6-8(2)12(7)15)13(16)10-3-4-11(14)17-10/h3-6,13H,16H2,1-2H3. The Morgan fingerprint density at radius 1 is 1.24 bits per heavy atom. The van der Waals surface area contributed by atoms with Gasteiger partial charge in [0.25, 0.3) is 0 Å². The SMILES string of the molecule is Cc1cc(C(N)c2ccc(Cl)s2)cc(C)c1F. The third-order valence-corrected chi connectivity index (χ3v) is 4.03. The fraction of sp³-hybridized carbons (Fsp3) is 0.231. The predicted octanol–water partition coefficient (Wildman–Crippen LogP) is 4.21. The molecule has 0 bridgehead atoms. The zero-order chi connectivity index (χ0) is 12.6. The highest BCUT2D eigenvalue weighted by molar-refractivity contribution is 7.16. The molecule has 0 amide bonds. The van der Waals surface area contributed by atoms with Gasteiger partial charge in [-0.15, -0.1) is 11.3 Å². The van der Waals surface area contributed by atoms with Gasteiger partial charge < -0.3 is 5.73 Å². The van der Waals surface area contributed by atoms with Crippen LogP contribution in [0.25, 0.3) is 0 Å². The molecule has 1 aromatic carbocycles. The minimum atomic E-state index is -0.245. The van der Waals surface area contributed by atoms with E-state index in [4.69, 9.17) is 17.3 Å². The van der Waals surface area contributed by atoms with Crippen LogP contribution in [-0.4, -0.2) is 0 Å². The molecule has 17 heavy (non-hydrogen) atoms. The van der Waals surface area contributed by atoms with Gasteiger partial charge in [0.05, 0.1) is 10.4 Å². The Labute approximate surface area is 109 Å². The van der Waals surface area contributed by atoms with Crippen LogP contribution in [0.3, 0.4) is 0 Å². The Morgan fingerprint density at radius 2 is 1.82 bits per heavy atom. The van der Waals surface area contributed by atoms with Crippen molar-refractivity contribution in [3.05, 3.63) is 56.0 Å². The molecule has 1 nitrogen and oxygen atoms in total. The van der Waals surface area contributed by atoms with Gasteiger partial charge in [-0.25, -0.2) is 4.39 Å². The first-order valence-corrected chi connectivity index (χ1v) is 6.46. The fourth-order valence-corrected chi connectivity index (χ4v) is 2.91. The number of hydrogen-bond acceptors (Lipinski definition) is 2. The van der Waals surface area contributed by atoms with E-state index in [1.165, 1.54) is 11.3 Å². The van der Waals surface area contributed by atoms with Gasteiger partial charge >= 0.3 is 0 Å². The van der Waals surface area contributed by atoms with Crippen LogP contribution < -0.4 is 5.73 Å². The number of nitrogens with two attached hydrogens (primary N) is 1. The first-order valence-electron chi connectivity index (χ1n) is 5.26. The molecule has 4 heteroatoms. The van der Waals surface area contributed by atoms with Gasteiger partial charge in [-0.1, -0.05) is 23.7 Å². The molecule has 2 rings (SSSR count). The van der Waals surface area contributed by atoms with E-state index in [9.17, 15) is 4.39 Å². The van der Waals surface area contributed by atoms with Crippen LogP contribution in [-0.2, 0) is 0 Å². The number of benzene rings is 1. The highest BCUT2D eigenvalue weighted by Gasteiger charge is 2.14. The zero-order valence-electron chi connectivity index (χ0n) is 9.63. The quantitative estimate of drug-likeness (QED) is 0.869. The lowest BCUT2D eigenvalue weighted by Crippen LogP contribution is -2.11. The van der Waals surface area contributed by atoms with Crippen LogP contribution in [0, 0.1) is 19.7 Å². The molecule has 2 aromatic rings. The number of rotatable bonds is 2. The van der Waals surface area contributed by atoms with Crippen LogP contribution in [0.4, 0.5) is 4.39 Å². The minimum Gasteiger partial charge on any atom is -0.320 e. The second-order valence-corrected chi connectivity index (χ2v) is 5.83. The molecule has 90 valence electrons. The van der Waals surface area contributed by atoms with E-state index in [0.29, 0.717) is 15.5 Å². The molecular formula is C13H13ClFNS. The smallest absolute Gasteiger partial charge is 0.129 e. The van der Waals surface area contributed by atoms with Gasteiger partial charge in [0, 0.05) is 4.88 Å². The summed E-state index contributed by atoms with van der Waals surface area (Å²) in [7, 11) is 0. The highest BCUT2D eigenvalue weighted by atomic mass is 35.5. The first-order chi connectivity index (χ1) is 7.99. The summed E-state index contributed by atoms with van der Waals surface area (Å²) in [5, 5.41) is 0. The van der Waals surface area contributed by atoms with E-state index in [-0.39, 0.29) is 11.9 Å². The summed E-state index contributed by atoms with van der Waals surface area (Å²) in [6, 6.07) is 7.07. The van der Waals surface area contributed by atoms with Gasteiger partial charge in [0.15, 0.2) is 0 Å². The molecule has 0 aliphatic rings. The molecule has 2 N–H and O–H groups in total. The van der Waals surface area contributed by atoms with E-state index in [2.05, 4.69) is 0 Å². The Morgan fingerprint density at radius 3 is 2.29 bits per heavy atom. The monoisotopic (exact) mass is 269 g/mol. The summed E-state index contributed by atoms with van der Waals surface area (Å²) >= 11 is 7.34. The Kier molecular flexibility index (Phi) is 3.52. The van der Waals surface area contributed by atoms with Crippen molar-refractivity contribution in [2.75, 3.05) is 0 Å². The summed E-state index contributed by atoms with van der Waals surface area (Å²) in [5.41, 5.74) is 8.31. The number of halogens is 2. The fourth-order valence-electron chi connectivity index (χ4n) is 1.82. The second kappa shape index (κ2) is 4.77. The molecule has 0 aliphatic carbocycles. The zero-order valence-corrected chi connectivity index (χ0v) is 11.2.